The number of amides is 2. The Balaban J connectivity index is 1.81. The number of nitrogens with zero attached hydrogens (tertiary/aromatic N) is 4. The average molecular weight is 414 g/mol. The van der Waals surface area contributed by atoms with Gasteiger partial charge in [0.1, 0.15) is 17.5 Å². The quantitative estimate of drug-likeness (QED) is 0.830. The first-order chi connectivity index (χ1) is 14.2. The van der Waals surface area contributed by atoms with Gasteiger partial charge in [-0.05, 0) is 51.8 Å². The second-order valence-electron chi connectivity index (χ2n) is 8.83. The molecule has 0 bridgehead atoms. The first kappa shape index (κ1) is 22.0. The van der Waals surface area contributed by atoms with Crippen LogP contribution in [0.3, 0.4) is 0 Å². The molecule has 0 radical (unpaired) electrons. The van der Waals surface area contributed by atoms with Gasteiger partial charge in [0.05, 0.1) is 0 Å². The molecule has 162 valence electrons. The number of nitrogens with one attached hydrogen (secondary N) is 1. The molecular formula is C23H32FN5O. The molecule has 0 spiro atoms. The number of piperazine rings is 1. The van der Waals surface area contributed by atoms with Crippen molar-refractivity contribution >= 4 is 11.8 Å². The van der Waals surface area contributed by atoms with Crippen LogP contribution < -0.4 is 10.2 Å². The first-order valence-corrected chi connectivity index (χ1v) is 10.6. The molecule has 1 N–H and O–H groups in total. The number of halogens is 1. The van der Waals surface area contributed by atoms with E-state index < -0.39 is 0 Å². The van der Waals surface area contributed by atoms with E-state index in [4.69, 9.17) is 4.98 Å². The molecule has 0 aliphatic carbocycles. The number of aromatic nitrogens is 2. The Morgan fingerprint density at radius 2 is 1.73 bits per heavy atom. The monoisotopic (exact) mass is 413 g/mol. The summed E-state index contributed by atoms with van der Waals surface area (Å²) in [5.41, 5.74) is 2.89. The second kappa shape index (κ2) is 8.98. The Labute approximate surface area is 178 Å². The molecule has 1 aromatic carbocycles. The molecule has 0 atom stereocenters. The van der Waals surface area contributed by atoms with Gasteiger partial charge in [-0.25, -0.2) is 19.2 Å². The zero-order chi connectivity index (χ0) is 21.9. The highest BCUT2D eigenvalue weighted by Crippen LogP contribution is 2.26. The number of carbonyl (C=O) groups is 1. The summed E-state index contributed by atoms with van der Waals surface area (Å²) in [6.07, 6.45) is 1.46. The first-order valence-electron chi connectivity index (χ1n) is 10.6. The van der Waals surface area contributed by atoms with Crippen LogP contribution >= 0.6 is 0 Å². The van der Waals surface area contributed by atoms with Crippen molar-refractivity contribution in [3.8, 4) is 0 Å². The van der Waals surface area contributed by atoms with Crippen LogP contribution in [0.1, 0.15) is 50.3 Å². The summed E-state index contributed by atoms with van der Waals surface area (Å²) in [7, 11) is 0. The van der Waals surface area contributed by atoms with Gasteiger partial charge in [0, 0.05) is 49.4 Å². The second-order valence-corrected chi connectivity index (χ2v) is 8.83. The molecule has 6 nitrogen and oxygen atoms in total. The van der Waals surface area contributed by atoms with Gasteiger partial charge in [-0.1, -0.05) is 19.1 Å². The minimum atomic E-state index is -0.254. The number of anilines is 1. The molecule has 1 fully saturated rings. The van der Waals surface area contributed by atoms with Gasteiger partial charge in [0.2, 0.25) is 0 Å². The van der Waals surface area contributed by atoms with Crippen LogP contribution in [0.15, 0.2) is 24.3 Å². The van der Waals surface area contributed by atoms with Gasteiger partial charge in [-0.2, -0.15) is 0 Å². The number of carbonyl (C=O) groups excluding carboxylic acids is 1. The number of urea groups is 1. The molecule has 7 heteroatoms. The predicted molar refractivity (Wildman–Crippen MR) is 117 cm³/mol. The van der Waals surface area contributed by atoms with E-state index in [1.165, 1.54) is 12.1 Å². The molecule has 0 unspecified atom stereocenters. The molecule has 1 aliphatic rings. The van der Waals surface area contributed by atoms with Crippen LogP contribution in [0.2, 0.25) is 0 Å². The fourth-order valence-corrected chi connectivity index (χ4v) is 3.70. The van der Waals surface area contributed by atoms with E-state index in [1.54, 1.807) is 0 Å². The van der Waals surface area contributed by atoms with Gasteiger partial charge in [0.15, 0.2) is 0 Å². The molecule has 1 aromatic heterocycles. The van der Waals surface area contributed by atoms with E-state index in [0.29, 0.717) is 32.6 Å². The minimum Gasteiger partial charge on any atom is -0.353 e. The number of benzene rings is 1. The summed E-state index contributed by atoms with van der Waals surface area (Å²) in [6.45, 7) is 12.7. The summed E-state index contributed by atoms with van der Waals surface area (Å²) in [5, 5.41) is 3.03. The Morgan fingerprint density at radius 3 is 2.30 bits per heavy atom. The maximum atomic E-state index is 13.3. The number of hydrogen-bond acceptors (Lipinski definition) is 4. The smallest absolute Gasteiger partial charge is 0.317 e. The van der Waals surface area contributed by atoms with Crippen LogP contribution in [0.25, 0.3) is 0 Å². The van der Waals surface area contributed by atoms with Crippen molar-refractivity contribution in [1.82, 2.24) is 20.2 Å². The number of aryl methyl sites for hydroxylation is 2. The van der Waals surface area contributed by atoms with Crippen LogP contribution in [0.4, 0.5) is 15.0 Å². The summed E-state index contributed by atoms with van der Waals surface area (Å²) < 4.78 is 13.3. The standard InChI is InChI=1S/C23H32FN5O/c1-6-20-19(15-17-7-9-18(24)10-8-17)21(26-16(2)25-20)28-11-13-29(14-12-28)22(30)27-23(3,4)5/h7-10H,6,11-15H2,1-5H3,(H,27,30). The summed E-state index contributed by atoms with van der Waals surface area (Å²) in [6, 6.07) is 6.58. The molecule has 3 rings (SSSR count). The summed E-state index contributed by atoms with van der Waals surface area (Å²) in [5.74, 6) is 1.44. The highest BCUT2D eigenvalue weighted by molar-refractivity contribution is 5.75. The van der Waals surface area contributed by atoms with Gasteiger partial charge >= 0.3 is 6.03 Å². The van der Waals surface area contributed by atoms with Crippen molar-refractivity contribution in [3.05, 3.63) is 52.7 Å². The molecule has 1 saturated heterocycles. The van der Waals surface area contributed by atoms with Crippen molar-refractivity contribution in [1.29, 1.82) is 0 Å². The van der Waals surface area contributed by atoms with E-state index in [2.05, 4.69) is 22.1 Å². The summed E-state index contributed by atoms with van der Waals surface area (Å²) in [4.78, 5) is 26.0. The maximum absolute atomic E-state index is 13.3. The third-order valence-electron chi connectivity index (χ3n) is 5.16. The number of hydrogen-bond donors (Lipinski definition) is 1. The van der Waals surface area contributed by atoms with E-state index in [-0.39, 0.29) is 17.4 Å². The van der Waals surface area contributed by atoms with Gasteiger partial charge in [-0.3, -0.25) is 0 Å². The van der Waals surface area contributed by atoms with Crippen molar-refractivity contribution in [3.63, 3.8) is 0 Å². The molecular weight excluding hydrogens is 381 g/mol. The largest absolute Gasteiger partial charge is 0.353 e. The third kappa shape index (κ3) is 5.46. The van der Waals surface area contributed by atoms with Crippen LogP contribution in [-0.4, -0.2) is 52.6 Å². The van der Waals surface area contributed by atoms with E-state index in [1.807, 2.05) is 44.7 Å². The van der Waals surface area contributed by atoms with Crippen LogP contribution in [0, 0.1) is 12.7 Å². The average Bonchev–Trinajstić information content (AvgIpc) is 2.69. The van der Waals surface area contributed by atoms with Crippen LogP contribution in [0.5, 0.6) is 0 Å². The third-order valence-corrected chi connectivity index (χ3v) is 5.16. The molecule has 2 amide bonds. The van der Waals surface area contributed by atoms with Gasteiger partial charge < -0.3 is 15.1 Å². The maximum Gasteiger partial charge on any atom is 0.317 e. The summed E-state index contributed by atoms with van der Waals surface area (Å²) >= 11 is 0. The topological polar surface area (TPSA) is 61.4 Å². The van der Waals surface area contributed by atoms with Crippen LogP contribution in [-0.2, 0) is 12.8 Å². The van der Waals surface area contributed by atoms with Gasteiger partial charge in [0.25, 0.3) is 0 Å². The molecule has 30 heavy (non-hydrogen) atoms. The lowest BCUT2D eigenvalue weighted by molar-refractivity contribution is 0.185. The zero-order valence-corrected chi connectivity index (χ0v) is 18.6. The Kier molecular flexibility index (Phi) is 6.58. The Morgan fingerprint density at radius 1 is 1.10 bits per heavy atom. The molecule has 2 heterocycles. The molecule has 2 aromatic rings. The lowest BCUT2D eigenvalue weighted by Gasteiger charge is -2.37. The fraction of sp³-hybridized carbons (Fsp3) is 0.522. The highest BCUT2D eigenvalue weighted by Gasteiger charge is 2.26. The zero-order valence-electron chi connectivity index (χ0n) is 18.6. The molecule has 1 aliphatic heterocycles. The highest BCUT2D eigenvalue weighted by atomic mass is 19.1. The lowest BCUT2D eigenvalue weighted by atomic mass is 10.0. The van der Waals surface area contributed by atoms with Gasteiger partial charge in [-0.15, -0.1) is 0 Å². The minimum absolute atomic E-state index is 0.0261. The molecule has 0 saturated carbocycles. The SMILES string of the molecule is CCc1nc(C)nc(N2CCN(C(=O)NC(C)(C)C)CC2)c1Cc1ccc(F)cc1. The normalized spacial score (nSPS) is 14.7. The Hall–Kier alpha value is -2.70. The van der Waals surface area contributed by atoms with E-state index >= 15 is 0 Å². The Bertz CT molecular complexity index is 884. The lowest BCUT2D eigenvalue weighted by Crippen LogP contribution is -2.55. The predicted octanol–water partition coefficient (Wildman–Crippen LogP) is 3.71. The van der Waals surface area contributed by atoms with Crippen molar-refractivity contribution in [2.45, 2.75) is 53.0 Å². The fourth-order valence-electron chi connectivity index (χ4n) is 3.70. The van der Waals surface area contributed by atoms with Crippen molar-refractivity contribution in [2.24, 2.45) is 0 Å². The van der Waals surface area contributed by atoms with E-state index in [9.17, 15) is 9.18 Å². The van der Waals surface area contributed by atoms with Crippen molar-refractivity contribution in [2.75, 3.05) is 31.1 Å². The number of rotatable bonds is 4. The van der Waals surface area contributed by atoms with E-state index in [0.717, 1.165) is 34.9 Å². The van der Waals surface area contributed by atoms with Crippen molar-refractivity contribution < 1.29 is 9.18 Å².